The van der Waals surface area contributed by atoms with E-state index < -0.39 is 5.97 Å². The number of unbranched alkanes of at least 4 members (excludes halogenated alkanes) is 5. The molecule has 1 rings (SSSR count). The van der Waals surface area contributed by atoms with Crippen molar-refractivity contribution in [2.45, 2.75) is 72.1 Å². The van der Waals surface area contributed by atoms with Crippen LogP contribution in [-0.4, -0.2) is 35.6 Å². The molecule has 0 aromatic carbocycles. The molecule has 1 N–H and O–H groups in total. The third kappa shape index (κ3) is 13.7. The molecule has 3 heteroatoms. The Labute approximate surface area is 119 Å². The second-order valence-corrected chi connectivity index (χ2v) is 5.83. The van der Waals surface area contributed by atoms with E-state index >= 15 is 0 Å². The fraction of sp³-hybridized carbons (Fsp3) is 0.938. The van der Waals surface area contributed by atoms with Gasteiger partial charge >= 0.3 is 0 Å². The van der Waals surface area contributed by atoms with Crippen molar-refractivity contribution in [3.05, 3.63) is 0 Å². The molecule has 0 bridgehead atoms. The maximum absolute atomic E-state index is 9.00. The minimum absolute atomic E-state index is 0.833. The van der Waals surface area contributed by atoms with Gasteiger partial charge < -0.3 is 10.0 Å². The van der Waals surface area contributed by atoms with Crippen LogP contribution in [0.2, 0.25) is 0 Å². The minimum Gasteiger partial charge on any atom is -0.481 e. The number of piperidine rings is 1. The van der Waals surface area contributed by atoms with Crippen molar-refractivity contribution >= 4 is 5.97 Å². The van der Waals surface area contributed by atoms with Crippen LogP contribution in [0.25, 0.3) is 0 Å². The fourth-order valence-corrected chi connectivity index (χ4v) is 2.61. The van der Waals surface area contributed by atoms with E-state index in [9.17, 15) is 0 Å². The van der Waals surface area contributed by atoms with Crippen LogP contribution in [0.5, 0.6) is 0 Å². The Hall–Kier alpha value is -0.570. The number of carboxylic acid groups (broad SMARTS) is 1. The molecule has 1 fully saturated rings. The lowest BCUT2D eigenvalue weighted by Crippen LogP contribution is -2.34. The Morgan fingerprint density at radius 3 is 2.37 bits per heavy atom. The molecule has 1 aliphatic heterocycles. The van der Waals surface area contributed by atoms with Crippen molar-refractivity contribution in [2.24, 2.45) is 5.92 Å². The Balaban J connectivity index is 0.000000711. The molecule has 1 atom stereocenters. The number of carbonyl (C=O) groups is 1. The third-order valence-electron chi connectivity index (χ3n) is 3.57. The van der Waals surface area contributed by atoms with Gasteiger partial charge in [-0.15, -0.1) is 0 Å². The summed E-state index contributed by atoms with van der Waals surface area (Å²) in [6.45, 7) is 9.84. The number of hydrogen-bond acceptors (Lipinski definition) is 2. The number of rotatable bonds is 7. The van der Waals surface area contributed by atoms with Gasteiger partial charge in [-0.25, -0.2) is 0 Å². The summed E-state index contributed by atoms with van der Waals surface area (Å²) in [5, 5.41) is 7.42. The lowest BCUT2D eigenvalue weighted by Gasteiger charge is -2.30. The normalized spacial score (nSPS) is 19.6. The first kappa shape index (κ1) is 18.4. The van der Waals surface area contributed by atoms with E-state index in [1.54, 1.807) is 0 Å². The van der Waals surface area contributed by atoms with Crippen molar-refractivity contribution < 1.29 is 9.90 Å². The quantitative estimate of drug-likeness (QED) is 0.706. The van der Waals surface area contributed by atoms with Crippen LogP contribution >= 0.6 is 0 Å². The van der Waals surface area contributed by atoms with Gasteiger partial charge in [-0.3, -0.25) is 4.79 Å². The third-order valence-corrected chi connectivity index (χ3v) is 3.57. The van der Waals surface area contributed by atoms with E-state index in [1.165, 1.54) is 71.0 Å². The van der Waals surface area contributed by atoms with Gasteiger partial charge in [0.2, 0.25) is 0 Å². The molecule has 114 valence electrons. The van der Waals surface area contributed by atoms with Crippen LogP contribution < -0.4 is 0 Å². The Morgan fingerprint density at radius 1 is 1.21 bits per heavy atom. The van der Waals surface area contributed by atoms with Gasteiger partial charge in [0.1, 0.15) is 0 Å². The highest BCUT2D eigenvalue weighted by atomic mass is 16.4. The molecule has 1 heterocycles. The predicted octanol–water partition coefficient (Wildman–Crippen LogP) is 4.17. The number of aliphatic carboxylic acids is 1. The van der Waals surface area contributed by atoms with Crippen LogP contribution in [0.4, 0.5) is 0 Å². The molecule has 19 heavy (non-hydrogen) atoms. The fourth-order valence-electron chi connectivity index (χ4n) is 2.61. The van der Waals surface area contributed by atoms with Gasteiger partial charge in [0.15, 0.2) is 0 Å². The molecule has 3 nitrogen and oxygen atoms in total. The van der Waals surface area contributed by atoms with Crippen molar-refractivity contribution in [3.8, 4) is 0 Å². The molecule has 0 aliphatic carbocycles. The molecule has 0 spiro atoms. The van der Waals surface area contributed by atoms with Crippen molar-refractivity contribution in [1.29, 1.82) is 0 Å². The molecular weight excluding hydrogens is 238 g/mol. The molecule has 1 aliphatic rings. The average Bonchev–Trinajstić information content (AvgIpc) is 2.33. The van der Waals surface area contributed by atoms with E-state index in [-0.39, 0.29) is 0 Å². The highest BCUT2D eigenvalue weighted by Crippen LogP contribution is 2.16. The van der Waals surface area contributed by atoms with E-state index in [0.29, 0.717) is 0 Å². The first-order valence-corrected chi connectivity index (χ1v) is 7.98. The Bertz CT molecular complexity index is 215. The van der Waals surface area contributed by atoms with Gasteiger partial charge in [0.25, 0.3) is 5.97 Å². The van der Waals surface area contributed by atoms with E-state index in [0.717, 1.165) is 12.8 Å². The maximum atomic E-state index is 9.00. The Kier molecular flexibility index (Phi) is 12.1. The second kappa shape index (κ2) is 12.5. The molecule has 0 saturated carbocycles. The zero-order valence-electron chi connectivity index (χ0n) is 13.2. The standard InChI is InChI=1S/C14H29N.C2H4O2/c1-3-4-5-6-7-8-11-15-12-9-10-14(2)13-15;1-2(3)4/h14H,3-13H2,1-2H3;1H3,(H,3,4). The largest absolute Gasteiger partial charge is 0.481 e. The first-order valence-electron chi connectivity index (χ1n) is 7.98. The zero-order chi connectivity index (χ0) is 14.5. The number of nitrogens with zero attached hydrogens (tertiary/aromatic N) is 1. The number of hydrogen-bond donors (Lipinski definition) is 1. The lowest BCUT2D eigenvalue weighted by atomic mass is 10.00. The highest BCUT2D eigenvalue weighted by molar-refractivity contribution is 5.62. The highest BCUT2D eigenvalue weighted by Gasteiger charge is 2.14. The summed E-state index contributed by atoms with van der Waals surface area (Å²) in [6, 6.07) is 0. The minimum atomic E-state index is -0.833. The van der Waals surface area contributed by atoms with E-state index in [4.69, 9.17) is 9.90 Å². The predicted molar refractivity (Wildman–Crippen MR) is 81.5 cm³/mol. The molecule has 0 amide bonds. The molecule has 0 aromatic heterocycles. The summed E-state index contributed by atoms with van der Waals surface area (Å²) in [7, 11) is 0. The first-order chi connectivity index (χ1) is 9.06. The van der Waals surface area contributed by atoms with Crippen LogP contribution in [-0.2, 0) is 4.79 Å². The second-order valence-electron chi connectivity index (χ2n) is 5.83. The summed E-state index contributed by atoms with van der Waals surface area (Å²) >= 11 is 0. The summed E-state index contributed by atoms with van der Waals surface area (Å²) in [6.07, 6.45) is 11.5. The molecule has 1 unspecified atom stereocenters. The summed E-state index contributed by atoms with van der Waals surface area (Å²) in [4.78, 5) is 11.7. The SMILES string of the molecule is CC(=O)O.CCCCCCCCN1CCCC(C)C1. The molecule has 1 saturated heterocycles. The van der Waals surface area contributed by atoms with Gasteiger partial charge in [-0.2, -0.15) is 0 Å². The topological polar surface area (TPSA) is 40.5 Å². The summed E-state index contributed by atoms with van der Waals surface area (Å²) < 4.78 is 0. The van der Waals surface area contributed by atoms with Gasteiger partial charge in [-0.05, 0) is 38.3 Å². The lowest BCUT2D eigenvalue weighted by molar-refractivity contribution is -0.134. The monoisotopic (exact) mass is 271 g/mol. The van der Waals surface area contributed by atoms with Crippen LogP contribution in [0.1, 0.15) is 72.1 Å². The number of likely N-dealkylation sites (tertiary alicyclic amines) is 1. The number of carboxylic acids is 1. The average molecular weight is 271 g/mol. The molecule has 0 aromatic rings. The van der Waals surface area contributed by atoms with Crippen LogP contribution in [0.3, 0.4) is 0 Å². The Morgan fingerprint density at radius 2 is 1.79 bits per heavy atom. The maximum Gasteiger partial charge on any atom is 0.300 e. The van der Waals surface area contributed by atoms with Crippen molar-refractivity contribution in [3.63, 3.8) is 0 Å². The molecular formula is C16H33NO2. The van der Waals surface area contributed by atoms with Gasteiger partial charge in [0.05, 0.1) is 0 Å². The smallest absolute Gasteiger partial charge is 0.300 e. The van der Waals surface area contributed by atoms with Crippen LogP contribution in [0.15, 0.2) is 0 Å². The van der Waals surface area contributed by atoms with Gasteiger partial charge in [0, 0.05) is 13.5 Å². The zero-order valence-corrected chi connectivity index (χ0v) is 13.2. The van der Waals surface area contributed by atoms with Crippen LogP contribution in [0, 0.1) is 5.92 Å². The van der Waals surface area contributed by atoms with Gasteiger partial charge in [-0.1, -0.05) is 46.0 Å². The summed E-state index contributed by atoms with van der Waals surface area (Å²) in [5.74, 6) is 0.110. The van der Waals surface area contributed by atoms with Crippen molar-refractivity contribution in [1.82, 2.24) is 4.90 Å². The van der Waals surface area contributed by atoms with E-state index in [2.05, 4.69) is 18.7 Å². The molecule has 0 radical (unpaired) electrons. The van der Waals surface area contributed by atoms with Crippen molar-refractivity contribution in [2.75, 3.05) is 19.6 Å². The van der Waals surface area contributed by atoms with E-state index in [1.807, 2.05) is 0 Å². The summed E-state index contributed by atoms with van der Waals surface area (Å²) in [5.41, 5.74) is 0.